The molecule has 142 valence electrons. The van der Waals surface area contributed by atoms with E-state index in [-0.39, 0.29) is 11.8 Å². The van der Waals surface area contributed by atoms with Crippen LogP contribution in [0.5, 0.6) is 0 Å². The first kappa shape index (κ1) is 17.6. The number of likely N-dealkylation sites (tertiary alicyclic amines) is 1. The molecule has 1 aliphatic heterocycles. The molecule has 9 heteroatoms. The third-order valence-corrected chi connectivity index (χ3v) is 4.98. The van der Waals surface area contributed by atoms with E-state index in [2.05, 4.69) is 29.6 Å². The Morgan fingerprint density at radius 1 is 1.33 bits per heavy atom. The van der Waals surface area contributed by atoms with E-state index >= 15 is 0 Å². The number of carbonyl (C=O) groups is 1. The summed E-state index contributed by atoms with van der Waals surface area (Å²) in [6.45, 7) is 2.11. The molecule has 9 nitrogen and oxygen atoms in total. The van der Waals surface area contributed by atoms with Crippen LogP contribution in [0, 0.1) is 0 Å². The van der Waals surface area contributed by atoms with Gasteiger partial charge in [0.1, 0.15) is 17.3 Å². The number of amides is 1. The molecule has 1 amide bonds. The Hall–Kier alpha value is -2.81. The minimum Gasteiger partial charge on any atom is -0.337 e. The Balaban J connectivity index is 1.52. The Bertz CT molecular complexity index is 926. The SMILES string of the molecule is CN(C)Cc1nnc([C@H]2CCCN(C(=O)c3cn4cccnc4n3)C2)n1C. The summed E-state index contributed by atoms with van der Waals surface area (Å²) >= 11 is 0. The number of fused-ring (bicyclic) bond motifs is 1. The van der Waals surface area contributed by atoms with Gasteiger partial charge in [-0.05, 0) is 33.0 Å². The van der Waals surface area contributed by atoms with Crippen molar-refractivity contribution in [2.45, 2.75) is 25.3 Å². The van der Waals surface area contributed by atoms with Crippen molar-refractivity contribution >= 4 is 11.7 Å². The first-order chi connectivity index (χ1) is 13.0. The molecule has 1 atom stereocenters. The van der Waals surface area contributed by atoms with Crippen LogP contribution in [0.15, 0.2) is 24.7 Å². The summed E-state index contributed by atoms with van der Waals surface area (Å²) in [6, 6.07) is 1.82. The van der Waals surface area contributed by atoms with Crippen molar-refractivity contribution < 1.29 is 4.79 Å². The highest BCUT2D eigenvalue weighted by Crippen LogP contribution is 2.26. The van der Waals surface area contributed by atoms with E-state index in [1.165, 1.54) is 0 Å². The van der Waals surface area contributed by atoms with Crippen molar-refractivity contribution in [1.82, 2.24) is 38.9 Å². The van der Waals surface area contributed by atoms with Crippen LogP contribution < -0.4 is 0 Å². The van der Waals surface area contributed by atoms with Gasteiger partial charge < -0.3 is 14.4 Å². The van der Waals surface area contributed by atoms with Crippen molar-refractivity contribution in [2.24, 2.45) is 7.05 Å². The van der Waals surface area contributed by atoms with Gasteiger partial charge in [0.05, 0.1) is 6.54 Å². The Morgan fingerprint density at radius 2 is 2.19 bits per heavy atom. The van der Waals surface area contributed by atoms with E-state index in [4.69, 9.17) is 0 Å². The van der Waals surface area contributed by atoms with Crippen LogP contribution in [0.1, 0.15) is 40.9 Å². The zero-order valence-corrected chi connectivity index (χ0v) is 15.9. The summed E-state index contributed by atoms with van der Waals surface area (Å²) in [5.74, 6) is 2.55. The first-order valence-electron chi connectivity index (χ1n) is 9.15. The molecule has 0 bridgehead atoms. The van der Waals surface area contributed by atoms with Crippen LogP contribution in [0.2, 0.25) is 0 Å². The van der Waals surface area contributed by atoms with Crippen LogP contribution in [0.4, 0.5) is 0 Å². The van der Waals surface area contributed by atoms with Gasteiger partial charge in [0, 0.05) is 44.6 Å². The average molecular weight is 368 g/mol. The molecule has 3 aromatic rings. The van der Waals surface area contributed by atoms with E-state index in [0.717, 1.165) is 37.6 Å². The fourth-order valence-electron chi connectivity index (χ4n) is 3.62. The van der Waals surface area contributed by atoms with E-state index < -0.39 is 0 Å². The summed E-state index contributed by atoms with van der Waals surface area (Å²) in [5, 5.41) is 8.74. The van der Waals surface area contributed by atoms with Crippen LogP contribution in [-0.4, -0.2) is 72.0 Å². The molecule has 3 aromatic heterocycles. The van der Waals surface area contributed by atoms with Gasteiger partial charge in [-0.1, -0.05) is 0 Å². The third kappa shape index (κ3) is 3.42. The maximum atomic E-state index is 13.0. The molecule has 0 radical (unpaired) electrons. The Kier molecular flexibility index (Phi) is 4.61. The van der Waals surface area contributed by atoms with Crippen molar-refractivity contribution in [3.05, 3.63) is 42.0 Å². The van der Waals surface area contributed by atoms with Crippen molar-refractivity contribution in [3.63, 3.8) is 0 Å². The molecule has 27 heavy (non-hydrogen) atoms. The number of hydrogen-bond donors (Lipinski definition) is 0. The molecule has 1 saturated heterocycles. The molecule has 0 saturated carbocycles. The molecule has 0 unspecified atom stereocenters. The molecule has 4 rings (SSSR count). The largest absolute Gasteiger partial charge is 0.337 e. The predicted octanol–water partition coefficient (Wildman–Crippen LogP) is 0.939. The quantitative estimate of drug-likeness (QED) is 0.681. The van der Waals surface area contributed by atoms with E-state index in [1.807, 2.05) is 38.3 Å². The first-order valence-corrected chi connectivity index (χ1v) is 9.15. The summed E-state index contributed by atoms with van der Waals surface area (Å²) in [5.41, 5.74) is 0.431. The van der Waals surface area contributed by atoms with Crippen LogP contribution >= 0.6 is 0 Å². The number of imidazole rings is 1. The average Bonchev–Trinajstić information content (AvgIpc) is 3.25. The van der Waals surface area contributed by atoms with E-state index in [1.54, 1.807) is 16.8 Å². The van der Waals surface area contributed by atoms with E-state index in [9.17, 15) is 4.79 Å². The lowest BCUT2D eigenvalue weighted by Gasteiger charge is -2.31. The minimum absolute atomic E-state index is 0.0547. The minimum atomic E-state index is -0.0547. The van der Waals surface area contributed by atoms with Gasteiger partial charge in [0.15, 0.2) is 0 Å². The number of hydrogen-bond acceptors (Lipinski definition) is 6. The maximum Gasteiger partial charge on any atom is 0.274 e. The number of piperidine rings is 1. The molecule has 0 N–H and O–H groups in total. The lowest BCUT2D eigenvalue weighted by atomic mass is 9.97. The summed E-state index contributed by atoms with van der Waals surface area (Å²) in [6.07, 6.45) is 7.21. The topological polar surface area (TPSA) is 84.5 Å². The second-order valence-corrected chi connectivity index (χ2v) is 7.31. The number of rotatable bonds is 4. The third-order valence-electron chi connectivity index (χ3n) is 4.98. The lowest BCUT2D eigenvalue weighted by molar-refractivity contribution is 0.0698. The molecule has 0 aliphatic carbocycles. The number of carbonyl (C=O) groups excluding carboxylic acids is 1. The molecule has 1 aliphatic rings. The van der Waals surface area contributed by atoms with Crippen LogP contribution in [0.3, 0.4) is 0 Å². The van der Waals surface area contributed by atoms with Crippen molar-refractivity contribution in [3.8, 4) is 0 Å². The van der Waals surface area contributed by atoms with Gasteiger partial charge >= 0.3 is 0 Å². The summed E-state index contributed by atoms with van der Waals surface area (Å²) < 4.78 is 3.83. The van der Waals surface area contributed by atoms with Gasteiger partial charge in [-0.15, -0.1) is 10.2 Å². The summed E-state index contributed by atoms with van der Waals surface area (Å²) in [7, 11) is 6.03. The normalized spacial score (nSPS) is 17.8. The van der Waals surface area contributed by atoms with Crippen LogP contribution in [0.25, 0.3) is 5.78 Å². The standard InChI is InChI=1S/C18H24N8O/c1-23(2)12-15-21-22-16(24(15)3)13-6-4-8-25(10-13)17(27)14-11-26-9-5-7-19-18(26)20-14/h5,7,9,11,13H,4,6,8,10,12H2,1-3H3/t13-/m0/s1. The van der Waals surface area contributed by atoms with Crippen molar-refractivity contribution in [1.29, 1.82) is 0 Å². The molecular weight excluding hydrogens is 344 g/mol. The molecule has 0 spiro atoms. The zero-order chi connectivity index (χ0) is 19.0. The monoisotopic (exact) mass is 368 g/mol. The number of aromatic nitrogens is 6. The highest BCUT2D eigenvalue weighted by molar-refractivity contribution is 5.92. The fourth-order valence-corrected chi connectivity index (χ4v) is 3.62. The number of nitrogens with zero attached hydrogens (tertiary/aromatic N) is 8. The van der Waals surface area contributed by atoms with E-state index in [0.29, 0.717) is 18.0 Å². The lowest BCUT2D eigenvalue weighted by Crippen LogP contribution is -2.40. The maximum absolute atomic E-state index is 13.0. The van der Waals surface area contributed by atoms with Gasteiger partial charge in [0.25, 0.3) is 5.91 Å². The van der Waals surface area contributed by atoms with Gasteiger partial charge in [-0.25, -0.2) is 9.97 Å². The second-order valence-electron chi connectivity index (χ2n) is 7.31. The summed E-state index contributed by atoms with van der Waals surface area (Å²) in [4.78, 5) is 25.4. The van der Waals surface area contributed by atoms with Gasteiger partial charge in [-0.3, -0.25) is 9.20 Å². The highest BCUT2D eigenvalue weighted by Gasteiger charge is 2.30. The van der Waals surface area contributed by atoms with Crippen molar-refractivity contribution in [2.75, 3.05) is 27.2 Å². The zero-order valence-electron chi connectivity index (χ0n) is 15.9. The molecule has 0 aromatic carbocycles. The molecule has 1 fully saturated rings. The fraction of sp³-hybridized carbons (Fsp3) is 0.500. The van der Waals surface area contributed by atoms with Gasteiger partial charge in [-0.2, -0.15) is 0 Å². The smallest absolute Gasteiger partial charge is 0.274 e. The second kappa shape index (κ2) is 7.07. The Morgan fingerprint density at radius 3 is 2.96 bits per heavy atom. The molecule has 4 heterocycles. The van der Waals surface area contributed by atoms with Gasteiger partial charge in [0.2, 0.25) is 5.78 Å². The van der Waals surface area contributed by atoms with Crippen LogP contribution in [-0.2, 0) is 13.6 Å². The highest BCUT2D eigenvalue weighted by atomic mass is 16.2. The Labute approximate surface area is 157 Å². The predicted molar refractivity (Wildman–Crippen MR) is 99.3 cm³/mol. The molecular formula is C18H24N8O.